The first-order valence-electron chi connectivity index (χ1n) is 10.0. The Balaban J connectivity index is 1.73. The Morgan fingerprint density at radius 1 is 1.12 bits per heavy atom. The monoisotopic (exact) mass is 343 g/mol. The van der Waals surface area contributed by atoms with E-state index in [9.17, 15) is 0 Å². The smallest absolute Gasteiger partial charge is 0.191 e. The van der Waals surface area contributed by atoms with Gasteiger partial charge in [-0.3, -0.25) is 4.99 Å². The van der Waals surface area contributed by atoms with Crippen LogP contribution >= 0.6 is 0 Å². The molecule has 4 heteroatoms. The molecule has 138 valence electrons. The van der Waals surface area contributed by atoms with Crippen LogP contribution in [-0.4, -0.2) is 38.3 Å². The number of hydrogen-bond acceptors (Lipinski definition) is 2. The summed E-state index contributed by atoms with van der Waals surface area (Å²) in [6.45, 7) is 5.52. The number of hydrogen-bond donors (Lipinski definition) is 2. The van der Waals surface area contributed by atoms with Crippen LogP contribution in [0.25, 0.3) is 0 Å². The summed E-state index contributed by atoms with van der Waals surface area (Å²) >= 11 is 0. The topological polar surface area (TPSA) is 45.7 Å². The van der Waals surface area contributed by atoms with Gasteiger partial charge in [0.1, 0.15) is 0 Å². The number of rotatable bonds is 5. The molecule has 0 aromatic heterocycles. The van der Waals surface area contributed by atoms with Crippen LogP contribution < -0.4 is 10.6 Å². The molecule has 0 atom stereocenters. The fourth-order valence-electron chi connectivity index (χ4n) is 4.08. The van der Waals surface area contributed by atoms with E-state index < -0.39 is 0 Å². The normalized spacial score (nSPS) is 21.7. The van der Waals surface area contributed by atoms with Gasteiger partial charge in [0.25, 0.3) is 0 Å². The third-order valence-electron chi connectivity index (χ3n) is 5.67. The molecule has 1 saturated carbocycles. The van der Waals surface area contributed by atoms with E-state index in [2.05, 4.69) is 47.9 Å². The van der Waals surface area contributed by atoms with Gasteiger partial charge in [0, 0.05) is 31.2 Å². The molecule has 4 nitrogen and oxygen atoms in total. The molecule has 1 aromatic rings. The minimum absolute atomic E-state index is 0.106. The zero-order chi connectivity index (χ0) is 17.4. The zero-order valence-corrected chi connectivity index (χ0v) is 15.6. The summed E-state index contributed by atoms with van der Waals surface area (Å²) in [5.74, 6) is 0.983. The van der Waals surface area contributed by atoms with Crippen molar-refractivity contribution in [3.05, 3.63) is 35.9 Å². The van der Waals surface area contributed by atoms with E-state index >= 15 is 0 Å². The Labute approximate surface area is 152 Å². The third-order valence-corrected chi connectivity index (χ3v) is 5.67. The standard InChI is InChI=1S/C21H33N3O/c1-2-22-20(24-19-11-7-4-8-12-19)23-17-21(13-15-25-16-14-21)18-9-5-3-6-10-18/h3,5-6,9-10,19H,2,4,7-8,11-17H2,1H3,(H2,22,23,24). The van der Waals surface area contributed by atoms with Crippen molar-refractivity contribution in [2.45, 2.75) is 63.3 Å². The maximum atomic E-state index is 5.64. The van der Waals surface area contributed by atoms with Gasteiger partial charge in [-0.1, -0.05) is 49.6 Å². The van der Waals surface area contributed by atoms with Crippen LogP contribution in [0.15, 0.2) is 35.3 Å². The van der Waals surface area contributed by atoms with Gasteiger partial charge in [-0.15, -0.1) is 0 Å². The van der Waals surface area contributed by atoms with Gasteiger partial charge in [0.2, 0.25) is 0 Å². The van der Waals surface area contributed by atoms with E-state index in [4.69, 9.17) is 9.73 Å². The van der Waals surface area contributed by atoms with Crippen LogP contribution in [0.3, 0.4) is 0 Å². The van der Waals surface area contributed by atoms with Gasteiger partial charge in [-0.05, 0) is 38.2 Å². The Hall–Kier alpha value is -1.55. The van der Waals surface area contributed by atoms with Crippen LogP contribution in [0, 0.1) is 0 Å². The van der Waals surface area contributed by atoms with E-state index in [1.54, 1.807) is 0 Å². The lowest BCUT2D eigenvalue weighted by Crippen LogP contribution is -2.45. The highest BCUT2D eigenvalue weighted by atomic mass is 16.5. The summed E-state index contributed by atoms with van der Waals surface area (Å²) in [5.41, 5.74) is 1.50. The first-order valence-corrected chi connectivity index (χ1v) is 10.0. The highest BCUT2D eigenvalue weighted by molar-refractivity contribution is 5.80. The van der Waals surface area contributed by atoms with Crippen molar-refractivity contribution < 1.29 is 4.74 Å². The predicted molar refractivity (Wildman–Crippen MR) is 104 cm³/mol. The maximum absolute atomic E-state index is 5.64. The lowest BCUT2D eigenvalue weighted by Gasteiger charge is -2.37. The summed E-state index contributed by atoms with van der Waals surface area (Å²) in [4.78, 5) is 5.02. The average Bonchev–Trinajstić information content (AvgIpc) is 2.69. The quantitative estimate of drug-likeness (QED) is 0.634. The number of benzene rings is 1. The highest BCUT2D eigenvalue weighted by Gasteiger charge is 2.34. The molecule has 0 spiro atoms. The minimum Gasteiger partial charge on any atom is -0.381 e. The fraction of sp³-hybridized carbons (Fsp3) is 0.667. The lowest BCUT2D eigenvalue weighted by molar-refractivity contribution is 0.0531. The van der Waals surface area contributed by atoms with Crippen LogP contribution in [0.2, 0.25) is 0 Å². The first kappa shape index (κ1) is 18.2. The molecule has 2 N–H and O–H groups in total. The Kier molecular flexibility index (Phi) is 6.74. The molecular formula is C21H33N3O. The van der Waals surface area contributed by atoms with E-state index in [1.165, 1.54) is 37.7 Å². The maximum Gasteiger partial charge on any atom is 0.191 e. The number of aliphatic imine (C=N–C) groups is 1. The van der Waals surface area contributed by atoms with Crippen LogP contribution in [0.5, 0.6) is 0 Å². The second-order valence-corrected chi connectivity index (χ2v) is 7.43. The zero-order valence-electron chi connectivity index (χ0n) is 15.6. The molecular weight excluding hydrogens is 310 g/mol. The summed E-state index contributed by atoms with van der Waals surface area (Å²) in [7, 11) is 0. The second kappa shape index (κ2) is 9.23. The van der Waals surface area contributed by atoms with Gasteiger partial charge in [-0.2, -0.15) is 0 Å². The van der Waals surface area contributed by atoms with Crippen molar-refractivity contribution in [2.24, 2.45) is 4.99 Å². The molecule has 2 aliphatic rings. The van der Waals surface area contributed by atoms with Crippen molar-refractivity contribution in [2.75, 3.05) is 26.3 Å². The summed E-state index contributed by atoms with van der Waals surface area (Å²) in [6, 6.07) is 11.5. The van der Waals surface area contributed by atoms with E-state index in [0.717, 1.165) is 45.1 Å². The van der Waals surface area contributed by atoms with Crippen molar-refractivity contribution in [3.8, 4) is 0 Å². The van der Waals surface area contributed by atoms with Gasteiger partial charge < -0.3 is 15.4 Å². The molecule has 2 fully saturated rings. The van der Waals surface area contributed by atoms with Gasteiger partial charge in [-0.25, -0.2) is 0 Å². The second-order valence-electron chi connectivity index (χ2n) is 7.43. The SMILES string of the molecule is CCNC(=NCC1(c2ccccc2)CCOCC1)NC1CCCCC1. The molecule has 1 heterocycles. The molecule has 0 radical (unpaired) electrons. The molecule has 0 bridgehead atoms. The van der Waals surface area contributed by atoms with Gasteiger partial charge in [0.05, 0.1) is 6.54 Å². The van der Waals surface area contributed by atoms with Crippen molar-refractivity contribution in [1.82, 2.24) is 10.6 Å². The molecule has 0 unspecified atom stereocenters. The average molecular weight is 344 g/mol. The van der Waals surface area contributed by atoms with Crippen LogP contribution in [0.1, 0.15) is 57.4 Å². The highest BCUT2D eigenvalue weighted by Crippen LogP contribution is 2.35. The molecule has 1 aromatic carbocycles. The fourth-order valence-corrected chi connectivity index (χ4v) is 4.08. The number of nitrogens with one attached hydrogen (secondary N) is 2. The number of nitrogens with zero attached hydrogens (tertiary/aromatic N) is 1. The molecule has 3 rings (SSSR count). The van der Waals surface area contributed by atoms with Gasteiger partial charge in [0.15, 0.2) is 5.96 Å². The summed E-state index contributed by atoms with van der Waals surface area (Å²) < 4.78 is 5.64. The molecule has 0 amide bonds. The van der Waals surface area contributed by atoms with E-state index in [1.807, 2.05) is 0 Å². The Morgan fingerprint density at radius 3 is 2.52 bits per heavy atom. The molecule has 25 heavy (non-hydrogen) atoms. The molecule has 1 saturated heterocycles. The van der Waals surface area contributed by atoms with Crippen LogP contribution in [0.4, 0.5) is 0 Å². The van der Waals surface area contributed by atoms with Crippen molar-refractivity contribution in [3.63, 3.8) is 0 Å². The van der Waals surface area contributed by atoms with E-state index in [-0.39, 0.29) is 5.41 Å². The Bertz CT molecular complexity index is 531. The van der Waals surface area contributed by atoms with E-state index in [0.29, 0.717) is 6.04 Å². The summed E-state index contributed by atoms with van der Waals surface area (Å²) in [5, 5.41) is 7.12. The largest absolute Gasteiger partial charge is 0.381 e. The minimum atomic E-state index is 0.106. The van der Waals surface area contributed by atoms with Crippen LogP contribution in [-0.2, 0) is 10.2 Å². The summed E-state index contributed by atoms with van der Waals surface area (Å²) in [6.07, 6.45) is 8.67. The lowest BCUT2D eigenvalue weighted by atomic mass is 9.74. The third kappa shape index (κ3) is 4.97. The number of guanidine groups is 1. The number of ether oxygens (including phenoxy) is 1. The Morgan fingerprint density at radius 2 is 1.84 bits per heavy atom. The van der Waals surface area contributed by atoms with Gasteiger partial charge >= 0.3 is 0 Å². The molecule has 1 aliphatic heterocycles. The van der Waals surface area contributed by atoms with Crippen molar-refractivity contribution >= 4 is 5.96 Å². The predicted octanol–water partition coefficient (Wildman–Crippen LogP) is 3.62. The molecule has 1 aliphatic carbocycles. The first-order chi connectivity index (χ1) is 12.3. The van der Waals surface area contributed by atoms with Crippen molar-refractivity contribution in [1.29, 1.82) is 0 Å².